The molecule has 0 saturated heterocycles. The first kappa shape index (κ1) is 57.9. The van der Waals surface area contributed by atoms with Crippen LogP contribution in [-0.4, -0.2) is 68.7 Å². The van der Waals surface area contributed by atoms with Gasteiger partial charge < -0.3 is 31.3 Å². The van der Waals surface area contributed by atoms with Crippen molar-refractivity contribution in [2.45, 2.75) is 221 Å². The molecule has 398 valence electrons. The summed E-state index contributed by atoms with van der Waals surface area (Å²) >= 11 is 0. The number of carbonyl (C=O) groups is 5. The summed E-state index contributed by atoms with van der Waals surface area (Å²) in [5.41, 5.74) is 3.67. The molecule has 5 rings (SSSR count). The van der Waals surface area contributed by atoms with E-state index in [1.165, 1.54) is 12.8 Å². The van der Waals surface area contributed by atoms with Gasteiger partial charge in [0.15, 0.2) is 11.8 Å². The Kier molecular flexibility index (Phi) is 21.1. The van der Waals surface area contributed by atoms with Crippen LogP contribution in [0.15, 0.2) is 30.0 Å². The molecule has 2 heterocycles. The molecule has 2 aromatic carbocycles. The molecule has 2 aromatic rings. The van der Waals surface area contributed by atoms with Gasteiger partial charge in [0, 0.05) is 96.5 Å². The smallest absolute Gasteiger partial charge is 0.224 e. The van der Waals surface area contributed by atoms with Crippen LogP contribution in [0.25, 0.3) is 11.1 Å². The molecule has 2 aliphatic heterocycles. The van der Waals surface area contributed by atoms with E-state index in [9.17, 15) is 29.1 Å². The molecule has 0 fully saturated rings. The van der Waals surface area contributed by atoms with Gasteiger partial charge in [0.25, 0.3) is 0 Å². The third kappa shape index (κ3) is 13.8. The number of fused-ring (bicyclic) bond motifs is 2. The first-order valence-corrected chi connectivity index (χ1v) is 28.0. The number of allylic oxidation sites excluding steroid dienone is 2. The summed E-state index contributed by atoms with van der Waals surface area (Å²) in [6, 6.07) is 7.92. The third-order valence-corrected chi connectivity index (χ3v) is 17.0. The summed E-state index contributed by atoms with van der Waals surface area (Å²) in [4.78, 5) is 69.3. The molecular weight excluding hydrogens is 901 g/mol. The number of unbranched alkanes of at least 4 members (excludes halogenated alkanes) is 8. The zero-order valence-corrected chi connectivity index (χ0v) is 46.5. The van der Waals surface area contributed by atoms with Gasteiger partial charge in [0.05, 0.1) is 16.8 Å². The number of benzene rings is 2. The molecule has 0 spiro atoms. The van der Waals surface area contributed by atoms with Crippen molar-refractivity contribution in [3.8, 4) is 0 Å². The third-order valence-electron chi connectivity index (χ3n) is 17.0. The van der Waals surface area contributed by atoms with Crippen molar-refractivity contribution < 1.29 is 29.1 Å². The predicted molar refractivity (Wildman–Crippen MR) is 293 cm³/mol. The van der Waals surface area contributed by atoms with Crippen molar-refractivity contribution in [3.05, 3.63) is 57.3 Å². The van der Waals surface area contributed by atoms with E-state index in [4.69, 9.17) is 0 Å². The van der Waals surface area contributed by atoms with Gasteiger partial charge in [-0.25, -0.2) is 4.58 Å². The number of nitrogens with one attached hydrogen (secondary N) is 4. The highest BCUT2D eigenvalue weighted by atomic mass is 16.3. The molecule has 12 heteroatoms. The molecule has 4 atom stereocenters. The molecule has 72 heavy (non-hydrogen) atoms. The largest absolute Gasteiger partial charge is 0.871 e. The van der Waals surface area contributed by atoms with Gasteiger partial charge >= 0.3 is 0 Å². The maximum absolute atomic E-state index is 14.7. The van der Waals surface area contributed by atoms with Crippen molar-refractivity contribution in [3.63, 3.8) is 0 Å². The Hall–Kier alpha value is -5.00. The van der Waals surface area contributed by atoms with Gasteiger partial charge in [-0.15, -0.1) is 0 Å². The van der Waals surface area contributed by atoms with Crippen LogP contribution < -0.4 is 46.4 Å². The van der Waals surface area contributed by atoms with Crippen molar-refractivity contribution in [1.29, 1.82) is 0 Å². The van der Waals surface area contributed by atoms with Crippen molar-refractivity contribution in [1.82, 2.24) is 15.2 Å². The highest BCUT2D eigenvalue weighted by Gasteiger charge is 2.45. The second-order valence-electron chi connectivity index (χ2n) is 22.6. The van der Waals surface area contributed by atoms with Gasteiger partial charge in [-0.2, -0.15) is 0 Å². The van der Waals surface area contributed by atoms with Gasteiger partial charge in [0.2, 0.25) is 29.0 Å². The molecule has 0 aromatic heterocycles. The Bertz CT molecular complexity index is 2440. The first-order valence-electron chi connectivity index (χ1n) is 28.0. The lowest BCUT2D eigenvalue weighted by atomic mass is 9.76. The van der Waals surface area contributed by atoms with E-state index in [1.54, 1.807) is 0 Å². The average Bonchev–Trinajstić information content (AvgIpc) is 3.62. The maximum Gasteiger partial charge on any atom is 0.224 e. The van der Waals surface area contributed by atoms with Gasteiger partial charge in [0.1, 0.15) is 7.05 Å². The van der Waals surface area contributed by atoms with E-state index in [-0.39, 0.29) is 70.5 Å². The van der Waals surface area contributed by atoms with Crippen LogP contribution in [0, 0.1) is 11.8 Å². The Balaban J connectivity index is 1.32. The molecule has 0 saturated carbocycles. The maximum atomic E-state index is 14.7. The molecule has 4 amide bonds. The number of hydrogen-bond donors (Lipinski definition) is 4. The summed E-state index contributed by atoms with van der Waals surface area (Å²) in [6.45, 7) is 23.1. The zero-order chi connectivity index (χ0) is 52.9. The lowest BCUT2D eigenvalue weighted by Crippen LogP contribution is -2.37. The minimum atomic E-state index is -0.411. The number of carbonyl (C=O) groups excluding carboxylic acids is 5. The summed E-state index contributed by atoms with van der Waals surface area (Å²) < 4.78 is 2.18. The van der Waals surface area contributed by atoms with E-state index in [0.29, 0.717) is 59.7 Å². The standard InChI is InChI=1S/C60H92N6O6/c1-13-17-27-41(15-3)37-61-51(67)29-23-19-21-25-31-53(69)63-47-35-49-45(59(7,8)39(5)65(49)11)33-43(47)55-57(71)56(58(55)72)44-34-46-50(66(12)40(6)60(46,9)10)36-48(44)64-54(70)32-26-22-20-24-30-52(68)62-38-42(16-4)28-18-14-2/h33-36,39-42H,13-32,37-38H2,1-12H3,(H4,61,62,63,64,67,68,69,70,71,72). The van der Waals surface area contributed by atoms with Crippen molar-refractivity contribution in [2.24, 2.45) is 11.8 Å². The van der Waals surface area contributed by atoms with Gasteiger partial charge in [-0.05, 0) is 102 Å². The van der Waals surface area contributed by atoms with Gasteiger partial charge in [-0.1, -0.05) is 112 Å². The monoisotopic (exact) mass is 993 g/mol. The minimum absolute atomic E-state index is 0.0351. The molecule has 4 N–H and O–H groups in total. The Morgan fingerprint density at radius 2 is 1.12 bits per heavy atom. The molecule has 4 unspecified atom stereocenters. The predicted octanol–water partition coefficient (Wildman–Crippen LogP) is 9.33. The number of likely N-dealkylation sites (N-methyl/N-ethyl adjacent to an activating group) is 2. The van der Waals surface area contributed by atoms with Crippen molar-refractivity contribution >= 4 is 57.6 Å². The number of rotatable bonds is 29. The fourth-order valence-electron chi connectivity index (χ4n) is 11.0. The molecule has 0 bridgehead atoms. The van der Waals surface area contributed by atoms with Crippen LogP contribution in [-0.2, 0) is 34.8 Å². The second kappa shape index (κ2) is 26.3. The van der Waals surface area contributed by atoms with E-state index in [1.807, 2.05) is 38.4 Å². The number of ketones is 1. The van der Waals surface area contributed by atoms with E-state index in [2.05, 4.69) is 100.0 Å². The Labute approximate surface area is 432 Å². The number of anilines is 3. The highest BCUT2D eigenvalue weighted by molar-refractivity contribution is 6.52. The minimum Gasteiger partial charge on any atom is -0.871 e. The van der Waals surface area contributed by atoms with Crippen LogP contribution in [0.2, 0.25) is 0 Å². The Morgan fingerprint density at radius 3 is 1.60 bits per heavy atom. The van der Waals surface area contributed by atoms with Crippen LogP contribution in [0.3, 0.4) is 0 Å². The SMILES string of the molecule is CCCCC(CC)CNC(=O)CCCCCCC(=O)Nc1cc2c(cc1C1=C([O-])/C(=c3/cc4c(cc3NC(=O)CCCCCCC(=O)NCC(CC)CCCC)=[N+](C)C(C)C4(C)C)C1=O)C(C)(C)C(C)N2C. The summed E-state index contributed by atoms with van der Waals surface area (Å²) in [5.74, 6) is 0.000266. The van der Waals surface area contributed by atoms with Crippen molar-refractivity contribution in [2.75, 3.05) is 42.7 Å². The van der Waals surface area contributed by atoms with Crippen LogP contribution in [0.1, 0.15) is 214 Å². The quantitative estimate of drug-likeness (QED) is 0.0467. The second-order valence-corrected chi connectivity index (χ2v) is 22.6. The molecule has 1 aliphatic carbocycles. The Morgan fingerprint density at radius 1 is 0.639 bits per heavy atom. The summed E-state index contributed by atoms with van der Waals surface area (Å²) in [6.07, 6.45) is 16.7. The average molecular weight is 993 g/mol. The van der Waals surface area contributed by atoms with Gasteiger partial charge in [-0.3, -0.25) is 24.0 Å². The van der Waals surface area contributed by atoms with Crippen LogP contribution in [0.4, 0.5) is 17.1 Å². The zero-order valence-electron chi connectivity index (χ0n) is 46.5. The summed E-state index contributed by atoms with van der Waals surface area (Å²) in [7, 11) is 4.05. The number of Topliss-reactive ketones (excluding diaryl/α,β-unsaturated/α-hetero) is 1. The van der Waals surface area contributed by atoms with Crippen LogP contribution in [0.5, 0.6) is 0 Å². The van der Waals surface area contributed by atoms with Crippen LogP contribution >= 0.6 is 0 Å². The fraction of sp³-hybridized carbons (Fsp3) is 0.667. The molecule has 12 nitrogen and oxygen atoms in total. The fourth-order valence-corrected chi connectivity index (χ4v) is 11.0. The van der Waals surface area contributed by atoms with E-state index >= 15 is 0 Å². The lowest BCUT2D eigenvalue weighted by Gasteiger charge is -2.33. The highest BCUT2D eigenvalue weighted by Crippen LogP contribution is 2.49. The normalized spacial score (nSPS) is 19.1. The molecule has 0 radical (unpaired) electrons. The topological polar surface area (TPSA) is 163 Å². The van der Waals surface area contributed by atoms with E-state index in [0.717, 1.165) is 112 Å². The lowest BCUT2D eigenvalue weighted by molar-refractivity contribution is -0.292. The summed E-state index contributed by atoms with van der Waals surface area (Å²) in [5, 5.41) is 28.5. The first-order chi connectivity index (χ1) is 34.2. The molecule has 3 aliphatic rings. The van der Waals surface area contributed by atoms with E-state index < -0.39 is 11.5 Å². The number of amides is 4. The molecular formula is C60H92N6O6. The number of nitrogens with zero attached hydrogens (tertiary/aromatic N) is 2. The number of hydrogen-bond acceptors (Lipinski definition) is 7.